The van der Waals surface area contributed by atoms with E-state index in [1.807, 2.05) is 24.3 Å². The number of methoxy groups -OCH3 is 1. The van der Waals surface area contributed by atoms with Crippen LogP contribution in [0.4, 0.5) is 0 Å². The lowest BCUT2D eigenvalue weighted by atomic mass is 10.2. The molecule has 0 saturated carbocycles. The molecule has 27 heavy (non-hydrogen) atoms. The Morgan fingerprint density at radius 2 is 1.67 bits per heavy atom. The number of carbonyl (C=O) groups excluding carboxylic acids is 2. The van der Waals surface area contributed by atoms with E-state index in [-0.39, 0.29) is 17.6 Å². The van der Waals surface area contributed by atoms with E-state index in [0.717, 1.165) is 11.3 Å². The van der Waals surface area contributed by atoms with Crippen LogP contribution in [0.3, 0.4) is 0 Å². The fourth-order valence-electron chi connectivity index (χ4n) is 2.00. The molecule has 0 aliphatic rings. The van der Waals surface area contributed by atoms with E-state index >= 15 is 0 Å². The number of benzene rings is 2. The van der Waals surface area contributed by atoms with Crippen LogP contribution >= 0.6 is 23.8 Å². The molecule has 9 heteroatoms. The van der Waals surface area contributed by atoms with Crippen molar-refractivity contribution < 1.29 is 14.3 Å². The third kappa shape index (κ3) is 7.12. The van der Waals surface area contributed by atoms with Gasteiger partial charge in [-0.1, -0.05) is 23.7 Å². The minimum absolute atomic E-state index is 0.199. The second-order valence-electron chi connectivity index (χ2n) is 5.39. The molecule has 0 aromatic heterocycles. The molecule has 2 aromatic rings. The molecule has 0 atom stereocenters. The summed E-state index contributed by atoms with van der Waals surface area (Å²) < 4.78 is 5.09. The number of hydrazine groups is 1. The Kier molecular flexibility index (Phi) is 7.84. The summed E-state index contributed by atoms with van der Waals surface area (Å²) >= 11 is 10.8. The van der Waals surface area contributed by atoms with Crippen molar-refractivity contribution in [2.75, 3.05) is 13.7 Å². The van der Waals surface area contributed by atoms with Crippen molar-refractivity contribution in [3.05, 3.63) is 64.7 Å². The van der Waals surface area contributed by atoms with Crippen LogP contribution in [-0.4, -0.2) is 30.6 Å². The lowest BCUT2D eigenvalue weighted by molar-refractivity contribution is -0.120. The molecule has 0 radical (unpaired) electrons. The van der Waals surface area contributed by atoms with Gasteiger partial charge in [0, 0.05) is 17.1 Å². The number of hydrogen-bond acceptors (Lipinski definition) is 4. The van der Waals surface area contributed by atoms with Crippen LogP contribution in [0, 0.1) is 0 Å². The summed E-state index contributed by atoms with van der Waals surface area (Å²) in [4.78, 5) is 23.7. The Morgan fingerprint density at radius 3 is 2.30 bits per heavy atom. The van der Waals surface area contributed by atoms with E-state index in [4.69, 9.17) is 28.6 Å². The highest BCUT2D eigenvalue weighted by atomic mass is 35.5. The largest absolute Gasteiger partial charge is 0.497 e. The minimum Gasteiger partial charge on any atom is -0.497 e. The van der Waals surface area contributed by atoms with Gasteiger partial charge in [-0.05, 0) is 54.2 Å². The zero-order valence-electron chi connectivity index (χ0n) is 14.5. The second-order valence-corrected chi connectivity index (χ2v) is 6.24. The van der Waals surface area contributed by atoms with Crippen molar-refractivity contribution in [2.45, 2.75) is 6.54 Å². The van der Waals surface area contributed by atoms with Gasteiger partial charge in [0.15, 0.2) is 5.11 Å². The van der Waals surface area contributed by atoms with Gasteiger partial charge in [0.05, 0.1) is 13.7 Å². The topological polar surface area (TPSA) is 91.5 Å². The predicted molar refractivity (Wildman–Crippen MR) is 107 cm³/mol. The molecule has 0 unspecified atom stereocenters. The van der Waals surface area contributed by atoms with Crippen molar-refractivity contribution in [2.24, 2.45) is 0 Å². The molecule has 2 rings (SSSR count). The Hall–Kier alpha value is -2.84. The molecule has 0 heterocycles. The number of ether oxygens (including phenoxy) is 1. The molecule has 142 valence electrons. The summed E-state index contributed by atoms with van der Waals surface area (Å²) in [5.41, 5.74) is 6.39. The van der Waals surface area contributed by atoms with Crippen LogP contribution in [0.2, 0.25) is 5.02 Å². The van der Waals surface area contributed by atoms with Gasteiger partial charge in [-0.2, -0.15) is 0 Å². The summed E-state index contributed by atoms with van der Waals surface area (Å²) in [6, 6.07) is 13.9. The molecule has 7 nitrogen and oxygen atoms in total. The predicted octanol–water partition coefficient (Wildman–Crippen LogP) is 1.77. The van der Waals surface area contributed by atoms with Gasteiger partial charge in [-0.3, -0.25) is 20.4 Å². The monoisotopic (exact) mass is 406 g/mol. The highest BCUT2D eigenvalue weighted by Gasteiger charge is 2.08. The smallest absolute Gasteiger partial charge is 0.257 e. The maximum absolute atomic E-state index is 11.9. The Bertz CT molecular complexity index is 797. The van der Waals surface area contributed by atoms with Gasteiger partial charge >= 0.3 is 0 Å². The Morgan fingerprint density at radius 1 is 1.00 bits per heavy atom. The molecule has 0 saturated heterocycles. The van der Waals surface area contributed by atoms with Crippen molar-refractivity contribution >= 4 is 40.7 Å². The van der Waals surface area contributed by atoms with E-state index < -0.39 is 5.91 Å². The van der Waals surface area contributed by atoms with Crippen molar-refractivity contribution in [1.82, 2.24) is 21.5 Å². The van der Waals surface area contributed by atoms with Gasteiger partial charge in [0.2, 0.25) is 0 Å². The molecule has 2 aromatic carbocycles. The first-order chi connectivity index (χ1) is 13.0. The first-order valence-electron chi connectivity index (χ1n) is 7.97. The molecule has 0 aliphatic carbocycles. The Labute approximate surface area is 167 Å². The first-order valence-corrected chi connectivity index (χ1v) is 8.76. The number of amides is 2. The number of nitrogens with one attached hydrogen (secondary N) is 4. The summed E-state index contributed by atoms with van der Waals surface area (Å²) in [6.07, 6.45) is 0. The molecule has 0 spiro atoms. The lowest BCUT2D eigenvalue weighted by Gasteiger charge is -2.12. The standard InChI is InChI=1S/C18H19ClN4O3S/c1-26-15-8-2-12(3-9-15)10-21-18(27)23-22-16(24)11-20-17(25)13-4-6-14(19)7-5-13/h2-9H,10-11H2,1H3,(H,20,25)(H,22,24)(H2,21,23,27). The van der Waals surface area contributed by atoms with E-state index in [0.29, 0.717) is 17.1 Å². The van der Waals surface area contributed by atoms with E-state index in [2.05, 4.69) is 21.5 Å². The first kappa shape index (κ1) is 20.5. The van der Waals surface area contributed by atoms with Crippen LogP contribution in [0.15, 0.2) is 48.5 Å². The second kappa shape index (κ2) is 10.3. The molecule has 0 bridgehead atoms. The van der Waals surface area contributed by atoms with Crippen LogP contribution in [0.1, 0.15) is 15.9 Å². The zero-order valence-corrected chi connectivity index (χ0v) is 16.1. The molecule has 2 amide bonds. The van der Waals surface area contributed by atoms with Crippen molar-refractivity contribution in [1.29, 1.82) is 0 Å². The Balaban J connectivity index is 1.66. The quantitative estimate of drug-likeness (QED) is 0.432. The van der Waals surface area contributed by atoms with E-state index in [1.54, 1.807) is 31.4 Å². The fraction of sp³-hybridized carbons (Fsp3) is 0.167. The van der Waals surface area contributed by atoms with Crippen LogP contribution in [0.5, 0.6) is 5.75 Å². The molecule has 0 aliphatic heterocycles. The summed E-state index contributed by atoms with van der Waals surface area (Å²) in [6.45, 7) is 0.286. The fourth-order valence-corrected chi connectivity index (χ4v) is 2.25. The zero-order chi connectivity index (χ0) is 19.6. The highest BCUT2D eigenvalue weighted by Crippen LogP contribution is 2.11. The van der Waals surface area contributed by atoms with Gasteiger partial charge in [-0.15, -0.1) is 0 Å². The van der Waals surface area contributed by atoms with Crippen LogP contribution < -0.4 is 26.2 Å². The van der Waals surface area contributed by atoms with E-state index in [9.17, 15) is 9.59 Å². The van der Waals surface area contributed by atoms with Crippen LogP contribution in [-0.2, 0) is 11.3 Å². The SMILES string of the molecule is COc1ccc(CNC(=S)NNC(=O)CNC(=O)c2ccc(Cl)cc2)cc1. The average Bonchev–Trinajstić information content (AvgIpc) is 2.69. The molecule has 4 N–H and O–H groups in total. The van der Waals surface area contributed by atoms with Gasteiger partial charge in [0.25, 0.3) is 11.8 Å². The number of carbonyl (C=O) groups is 2. The maximum atomic E-state index is 11.9. The number of hydrogen-bond donors (Lipinski definition) is 4. The third-order valence-corrected chi connectivity index (χ3v) is 3.94. The minimum atomic E-state index is -0.439. The maximum Gasteiger partial charge on any atom is 0.257 e. The summed E-state index contributed by atoms with van der Waals surface area (Å²) in [5.74, 6) is -0.0414. The summed E-state index contributed by atoms with van der Waals surface area (Å²) in [7, 11) is 1.60. The normalized spacial score (nSPS) is 9.85. The molecular weight excluding hydrogens is 388 g/mol. The average molecular weight is 407 g/mol. The van der Waals surface area contributed by atoms with Crippen molar-refractivity contribution in [3.8, 4) is 5.75 Å². The lowest BCUT2D eigenvalue weighted by Crippen LogP contribution is -2.49. The number of halogens is 1. The van der Waals surface area contributed by atoms with Crippen molar-refractivity contribution in [3.63, 3.8) is 0 Å². The van der Waals surface area contributed by atoms with Crippen LogP contribution in [0.25, 0.3) is 0 Å². The van der Waals surface area contributed by atoms with Gasteiger partial charge in [0.1, 0.15) is 5.75 Å². The summed E-state index contributed by atoms with van der Waals surface area (Å²) in [5, 5.41) is 6.24. The molecular formula is C18H19ClN4O3S. The number of thiocarbonyl (C=S) groups is 1. The third-order valence-electron chi connectivity index (χ3n) is 3.44. The number of rotatable bonds is 6. The van der Waals surface area contributed by atoms with E-state index in [1.165, 1.54) is 0 Å². The molecule has 0 fully saturated rings. The van der Waals surface area contributed by atoms with Gasteiger partial charge < -0.3 is 15.4 Å². The highest BCUT2D eigenvalue weighted by molar-refractivity contribution is 7.80. The van der Waals surface area contributed by atoms with Gasteiger partial charge in [-0.25, -0.2) is 0 Å².